The van der Waals surface area contributed by atoms with Crippen LogP contribution >= 0.6 is 23.2 Å². The molecule has 4 nitrogen and oxygen atoms in total. The first kappa shape index (κ1) is 14.1. The molecule has 1 aromatic carbocycles. The van der Waals surface area contributed by atoms with Crippen LogP contribution < -0.4 is 10.6 Å². The van der Waals surface area contributed by atoms with Gasteiger partial charge in [0.25, 0.3) is 0 Å². The molecule has 0 heterocycles. The Morgan fingerprint density at radius 3 is 2.65 bits per heavy atom. The van der Waals surface area contributed by atoms with E-state index in [9.17, 15) is 4.79 Å². The van der Waals surface area contributed by atoms with E-state index in [4.69, 9.17) is 28.3 Å². The van der Waals surface area contributed by atoms with Crippen molar-refractivity contribution in [1.29, 1.82) is 0 Å². The number of halogens is 2. The van der Waals surface area contributed by atoms with Crippen LogP contribution in [-0.2, 0) is 0 Å². The summed E-state index contributed by atoms with van der Waals surface area (Å²) in [6.07, 6.45) is 0. The molecule has 6 heteroatoms. The fourth-order valence-electron chi connectivity index (χ4n) is 1.17. The zero-order valence-corrected chi connectivity index (χ0v) is 11.1. The average Bonchev–Trinajstić information content (AvgIpc) is 2.25. The maximum absolute atomic E-state index is 11.5. The zero-order valence-electron chi connectivity index (χ0n) is 9.55. The third-order valence-electron chi connectivity index (χ3n) is 2.15. The number of anilines is 1. The highest BCUT2D eigenvalue weighted by molar-refractivity contribution is 6.36. The summed E-state index contributed by atoms with van der Waals surface area (Å²) in [5, 5.41) is 14.8. The van der Waals surface area contributed by atoms with Crippen molar-refractivity contribution in [3.05, 3.63) is 27.7 Å². The molecule has 1 aromatic rings. The van der Waals surface area contributed by atoms with Crippen molar-refractivity contribution in [2.75, 3.05) is 11.9 Å². The molecule has 94 valence electrons. The number of amides is 2. The van der Waals surface area contributed by atoms with E-state index in [0.717, 1.165) is 5.56 Å². The topological polar surface area (TPSA) is 61.4 Å². The van der Waals surface area contributed by atoms with E-state index in [2.05, 4.69) is 10.6 Å². The minimum absolute atomic E-state index is 0.129. The second kappa shape index (κ2) is 6.10. The minimum Gasteiger partial charge on any atom is -0.394 e. The van der Waals surface area contributed by atoms with Gasteiger partial charge in [0.2, 0.25) is 0 Å². The van der Waals surface area contributed by atoms with Crippen LogP contribution in [-0.4, -0.2) is 23.8 Å². The molecule has 17 heavy (non-hydrogen) atoms. The molecule has 2 amide bonds. The molecule has 0 saturated carbocycles. The van der Waals surface area contributed by atoms with Gasteiger partial charge in [0, 0.05) is 5.02 Å². The van der Waals surface area contributed by atoms with Crippen molar-refractivity contribution in [1.82, 2.24) is 5.32 Å². The molecular formula is C11H14Cl2N2O2. The van der Waals surface area contributed by atoms with Crippen molar-refractivity contribution in [2.45, 2.75) is 19.9 Å². The number of nitrogens with one attached hydrogen (secondary N) is 2. The van der Waals surface area contributed by atoms with Crippen LogP contribution in [0.25, 0.3) is 0 Å². The van der Waals surface area contributed by atoms with Crippen molar-refractivity contribution in [3.8, 4) is 0 Å². The Bertz CT molecular complexity index is 424. The average molecular weight is 277 g/mol. The van der Waals surface area contributed by atoms with E-state index in [1.54, 1.807) is 19.1 Å². The molecule has 1 rings (SSSR count). The number of urea groups is 1. The fraction of sp³-hybridized carbons (Fsp3) is 0.364. The van der Waals surface area contributed by atoms with Crippen molar-refractivity contribution >= 4 is 34.9 Å². The maximum Gasteiger partial charge on any atom is 0.319 e. The molecule has 0 saturated heterocycles. The lowest BCUT2D eigenvalue weighted by atomic mass is 10.2. The van der Waals surface area contributed by atoms with E-state index in [1.165, 1.54) is 0 Å². The molecule has 1 atom stereocenters. The van der Waals surface area contributed by atoms with E-state index >= 15 is 0 Å². The zero-order chi connectivity index (χ0) is 13.0. The summed E-state index contributed by atoms with van der Waals surface area (Å²) in [6.45, 7) is 3.38. The molecule has 0 aliphatic rings. The third-order valence-corrected chi connectivity index (χ3v) is 2.87. The van der Waals surface area contributed by atoms with Crippen LogP contribution in [0.1, 0.15) is 12.5 Å². The lowest BCUT2D eigenvalue weighted by Gasteiger charge is -2.13. The number of hydrogen-bond donors (Lipinski definition) is 3. The second-order valence-corrected chi connectivity index (χ2v) is 4.58. The Balaban J connectivity index is 2.75. The molecule has 0 bridgehead atoms. The van der Waals surface area contributed by atoms with Crippen LogP contribution in [0.15, 0.2) is 12.1 Å². The van der Waals surface area contributed by atoms with Crippen LogP contribution in [0.3, 0.4) is 0 Å². The van der Waals surface area contributed by atoms with Gasteiger partial charge < -0.3 is 15.7 Å². The highest BCUT2D eigenvalue weighted by Gasteiger charge is 2.10. The van der Waals surface area contributed by atoms with Crippen LogP contribution in [0.2, 0.25) is 10.0 Å². The third kappa shape index (κ3) is 4.07. The van der Waals surface area contributed by atoms with Crippen molar-refractivity contribution in [2.24, 2.45) is 0 Å². The van der Waals surface area contributed by atoms with Gasteiger partial charge in [-0.25, -0.2) is 4.79 Å². The van der Waals surface area contributed by atoms with Gasteiger partial charge in [-0.05, 0) is 31.5 Å². The van der Waals surface area contributed by atoms with Gasteiger partial charge in [0.15, 0.2) is 0 Å². The monoisotopic (exact) mass is 276 g/mol. The highest BCUT2D eigenvalue weighted by Crippen LogP contribution is 2.28. The second-order valence-electron chi connectivity index (χ2n) is 3.76. The first-order valence-electron chi connectivity index (χ1n) is 5.08. The van der Waals surface area contributed by atoms with Gasteiger partial charge in [0.1, 0.15) is 0 Å². The normalized spacial score (nSPS) is 12.1. The van der Waals surface area contributed by atoms with Crippen molar-refractivity contribution < 1.29 is 9.90 Å². The summed E-state index contributed by atoms with van der Waals surface area (Å²) < 4.78 is 0. The van der Waals surface area contributed by atoms with Gasteiger partial charge in [0.05, 0.1) is 23.4 Å². The first-order chi connectivity index (χ1) is 7.93. The predicted octanol–water partition coefficient (Wildman–Crippen LogP) is 2.80. The number of aryl methyl sites for hydroxylation is 1. The minimum atomic E-state index is -0.437. The lowest BCUT2D eigenvalue weighted by Crippen LogP contribution is -2.38. The Morgan fingerprint density at radius 2 is 2.06 bits per heavy atom. The van der Waals surface area contributed by atoms with Crippen LogP contribution in [0, 0.1) is 6.92 Å². The number of hydrogen-bond acceptors (Lipinski definition) is 2. The van der Waals surface area contributed by atoms with Gasteiger partial charge in [-0.3, -0.25) is 0 Å². The van der Waals surface area contributed by atoms with E-state index in [-0.39, 0.29) is 12.6 Å². The quantitative estimate of drug-likeness (QED) is 0.795. The Labute approximate surface area is 110 Å². The summed E-state index contributed by atoms with van der Waals surface area (Å²) in [6, 6.07) is 2.50. The predicted molar refractivity (Wildman–Crippen MR) is 69.9 cm³/mol. The molecular weight excluding hydrogens is 263 g/mol. The summed E-state index contributed by atoms with van der Waals surface area (Å²) in [5.74, 6) is 0. The summed E-state index contributed by atoms with van der Waals surface area (Å²) >= 11 is 11.9. The van der Waals surface area contributed by atoms with E-state index in [0.29, 0.717) is 15.7 Å². The van der Waals surface area contributed by atoms with E-state index in [1.807, 2.05) is 6.92 Å². The molecule has 0 aromatic heterocycles. The summed E-state index contributed by atoms with van der Waals surface area (Å²) in [7, 11) is 0. The Morgan fingerprint density at radius 1 is 1.41 bits per heavy atom. The Kier molecular flexibility index (Phi) is 5.05. The smallest absolute Gasteiger partial charge is 0.319 e. The number of carbonyl (C=O) groups excluding carboxylic acids is 1. The summed E-state index contributed by atoms with van der Waals surface area (Å²) in [5.41, 5.74) is 1.27. The molecule has 0 aliphatic carbocycles. The molecule has 3 N–H and O–H groups in total. The van der Waals surface area contributed by atoms with Gasteiger partial charge in [-0.1, -0.05) is 23.2 Å². The SMILES string of the molecule is Cc1cc(Cl)c(NC(=O)N[C@@H](C)CO)cc1Cl. The number of aliphatic hydroxyl groups is 1. The van der Waals surface area contributed by atoms with Crippen molar-refractivity contribution in [3.63, 3.8) is 0 Å². The fourth-order valence-corrected chi connectivity index (χ4v) is 1.60. The van der Waals surface area contributed by atoms with Gasteiger partial charge in [-0.2, -0.15) is 0 Å². The molecule has 0 radical (unpaired) electrons. The highest BCUT2D eigenvalue weighted by atomic mass is 35.5. The van der Waals surface area contributed by atoms with Crippen LogP contribution in [0.4, 0.5) is 10.5 Å². The largest absolute Gasteiger partial charge is 0.394 e. The number of carbonyl (C=O) groups is 1. The van der Waals surface area contributed by atoms with Gasteiger partial charge >= 0.3 is 6.03 Å². The summed E-state index contributed by atoms with van der Waals surface area (Å²) in [4.78, 5) is 11.5. The Hall–Kier alpha value is -0.970. The first-order valence-corrected chi connectivity index (χ1v) is 5.83. The molecule has 0 aliphatic heterocycles. The molecule has 0 spiro atoms. The number of benzene rings is 1. The lowest BCUT2D eigenvalue weighted by molar-refractivity contribution is 0.229. The number of aliphatic hydroxyl groups excluding tert-OH is 1. The maximum atomic E-state index is 11.5. The van der Waals surface area contributed by atoms with Crippen LogP contribution in [0.5, 0.6) is 0 Å². The van der Waals surface area contributed by atoms with E-state index < -0.39 is 6.03 Å². The molecule has 0 fully saturated rings. The standard InChI is InChI=1S/C11H14Cl2N2O2/c1-6-3-9(13)10(4-8(6)12)15-11(17)14-7(2)5-16/h3-4,7,16H,5H2,1-2H3,(H2,14,15,17)/t7-/m0/s1. The number of rotatable bonds is 3. The molecule has 0 unspecified atom stereocenters. The van der Waals surface area contributed by atoms with Gasteiger partial charge in [-0.15, -0.1) is 0 Å².